The SMILES string of the molecule is COc1cccc(OC)c1C(O)(c1ccc(C2C=CC=C2)cc1)c1c(OC)cccc1OC. The van der Waals surface area contributed by atoms with Gasteiger partial charge in [-0.2, -0.15) is 0 Å². The molecule has 0 bridgehead atoms. The third-order valence-electron chi connectivity index (χ3n) is 6.04. The van der Waals surface area contributed by atoms with Crippen molar-refractivity contribution < 1.29 is 24.1 Å². The molecule has 0 amide bonds. The zero-order valence-corrected chi connectivity index (χ0v) is 19.2. The molecular weight excluding hydrogens is 416 g/mol. The lowest BCUT2D eigenvalue weighted by Crippen LogP contribution is -2.31. The van der Waals surface area contributed by atoms with Crippen LogP contribution >= 0.6 is 0 Å². The van der Waals surface area contributed by atoms with Gasteiger partial charge in [0.05, 0.1) is 39.6 Å². The second kappa shape index (κ2) is 9.43. The van der Waals surface area contributed by atoms with Crippen molar-refractivity contribution in [3.8, 4) is 23.0 Å². The van der Waals surface area contributed by atoms with E-state index in [2.05, 4.69) is 12.2 Å². The zero-order valence-electron chi connectivity index (χ0n) is 19.2. The van der Waals surface area contributed by atoms with Crippen molar-refractivity contribution in [3.63, 3.8) is 0 Å². The highest BCUT2D eigenvalue weighted by Gasteiger charge is 2.43. The summed E-state index contributed by atoms with van der Waals surface area (Å²) in [4.78, 5) is 0. The second-order valence-electron chi connectivity index (χ2n) is 7.70. The molecule has 0 heterocycles. The Bertz CT molecular complexity index is 1070. The van der Waals surface area contributed by atoms with E-state index < -0.39 is 5.60 Å². The molecule has 5 nitrogen and oxygen atoms in total. The first-order valence-corrected chi connectivity index (χ1v) is 10.7. The van der Waals surface area contributed by atoms with Crippen molar-refractivity contribution in [2.75, 3.05) is 28.4 Å². The molecule has 3 aromatic rings. The second-order valence-corrected chi connectivity index (χ2v) is 7.70. The lowest BCUT2D eigenvalue weighted by Gasteiger charge is -2.34. The molecule has 33 heavy (non-hydrogen) atoms. The van der Waals surface area contributed by atoms with Gasteiger partial charge in [0.15, 0.2) is 5.60 Å². The first-order valence-electron chi connectivity index (χ1n) is 10.7. The predicted octanol–water partition coefficient (Wildman–Crippen LogP) is 5.21. The molecule has 0 saturated carbocycles. The summed E-state index contributed by atoms with van der Waals surface area (Å²) in [5, 5.41) is 12.7. The van der Waals surface area contributed by atoms with Crippen LogP contribution in [0.2, 0.25) is 0 Å². The Morgan fingerprint density at radius 3 is 1.36 bits per heavy atom. The number of hydrogen-bond donors (Lipinski definition) is 1. The Morgan fingerprint density at radius 2 is 1.00 bits per heavy atom. The topological polar surface area (TPSA) is 57.2 Å². The quantitative estimate of drug-likeness (QED) is 0.483. The highest BCUT2D eigenvalue weighted by atomic mass is 16.5. The summed E-state index contributed by atoms with van der Waals surface area (Å²) in [7, 11) is 6.28. The van der Waals surface area contributed by atoms with Crippen LogP contribution in [0.3, 0.4) is 0 Å². The van der Waals surface area contributed by atoms with Crippen molar-refractivity contribution in [1.82, 2.24) is 0 Å². The van der Waals surface area contributed by atoms with Crippen LogP contribution in [0, 0.1) is 0 Å². The summed E-state index contributed by atoms with van der Waals surface area (Å²) in [6.45, 7) is 0. The van der Waals surface area contributed by atoms with Crippen molar-refractivity contribution in [2.45, 2.75) is 11.5 Å². The molecule has 1 aliphatic rings. The van der Waals surface area contributed by atoms with Crippen LogP contribution in [0.4, 0.5) is 0 Å². The summed E-state index contributed by atoms with van der Waals surface area (Å²) in [5.74, 6) is 2.14. The maximum Gasteiger partial charge on any atom is 0.154 e. The van der Waals surface area contributed by atoms with Crippen molar-refractivity contribution in [3.05, 3.63) is 107 Å². The van der Waals surface area contributed by atoms with Gasteiger partial charge in [0.25, 0.3) is 0 Å². The number of hydrogen-bond acceptors (Lipinski definition) is 5. The number of methoxy groups -OCH3 is 4. The van der Waals surface area contributed by atoms with E-state index in [1.165, 1.54) is 0 Å². The van der Waals surface area contributed by atoms with Crippen LogP contribution in [0.1, 0.15) is 28.2 Å². The molecule has 0 atom stereocenters. The Balaban J connectivity index is 2.03. The molecule has 0 fully saturated rings. The molecule has 1 N–H and O–H groups in total. The first kappa shape index (κ1) is 22.5. The van der Waals surface area contributed by atoms with Crippen LogP contribution in [0.15, 0.2) is 85.0 Å². The largest absolute Gasteiger partial charge is 0.496 e. The average Bonchev–Trinajstić information content (AvgIpc) is 3.42. The van der Waals surface area contributed by atoms with E-state index in [4.69, 9.17) is 18.9 Å². The van der Waals surface area contributed by atoms with E-state index in [9.17, 15) is 5.11 Å². The highest BCUT2D eigenvalue weighted by Crippen LogP contribution is 2.51. The molecular formula is C28H28O5. The smallest absolute Gasteiger partial charge is 0.154 e. The summed E-state index contributed by atoms with van der Waals surface area (Å²) in [6, 6.07) is 18.7. The van der Waals surface area contributed by atoms with Gasteiger partial charge in [-0.15, -0.1) is 0 Å². The number of aliphatic hydroxyl groups is 1. The summed E-state index contributed by atoms with van der Waals surface area (Å²) in [6.07, 6.45) is 8.34. The van der Waals surface area contributed by atoms with E-state index in [0.29, 0.717) is 39.7 Å². The fourth-order valence-corrected chi connectivity index (χ4v) is 4.43. The Kier molecular flexibility index (Phi) is 6.43. The van der Waals surface area contributed by atoms with Gasteiger partial charge >= 0.3 is 0 Å². The van der Waals surface area contributed by atoms with Crippen LogP contribution in [-0.2, 0) is 5.60 Å². The summed E-state index contributed by atoms with van der Waals surface area (Å²) >= 11 is 0. The molecule has 5 heteroatoms. The molecule has 0 radical (unpaired) electrons. The van der Waals surface area contributed by atoms with E-state index in [0.717, 1.165) is 5.56 Å². The molecule has 0 saturated heterocycles. The summed E-state index contributed by atoms with van der Waals surface area (Å²) in [5.41, 5.74) is 0.987. The fourth-order valence-electron chi connectivity index (χ4n) is 4.43. The monoisotopic (exact) mass is 444 g/mol. The van der Waals surface area contributed by atoms with E-state index in [1.54, 1.807) is 52.7 Å². The molecule has 4 rings (SSSR count). The van der Waals surface area contributed by atoms with E-state index in [-0.39, 0.29) is 5.92 Å². The Labute approximate surface area is 194 Å². The first-order chi connectivity index (χ1) is 16.1. The van der Waals surface area contributed by atoms with Gasteiger partial charge in [-0.25, -0.2) is 0 Å². The maximum atomic E-state index is 12.7. The minimum Gasteiger partial charge on any atom is -0.496 e. The number of rotatable bonds is 8. The van der Waals surface area contributed by atoms with Gasteiger partial charge < -0.3 is 24.1 Å². The lowest BCUT2D eigenvalue weighted by atomic mass is 9.78. The van der Waals surface area contributed by atoms with Crippen LogP contribution in [0.25, 0.3) is 0 Å². The van der Waals surface area contributed by atoms with Crippen LogP contribution in [0.5, 0.6) is 23.0 Å². The Hall–Kier alpha value is -3.70. The molecule has 170 valence electrons. The fraction of sp³-hybridized carbons (Fsp3) is 0.214. The molecule has 3 aromatic carbocycles. The van der Waals surface area contributed by atoms with Crippen LogP contribution in [-0.4, -0.2) is 33.5 Å². The minimum atomic E-state index is -1.70. The highest BCUT2D eigenvalue weighted by molar-refractivity contribution is 5.64. The van der Waals surface area contributed by atoms with E-state index in [1.807, 2.05) is 48.6 Å². The molecule has 0 unspecified atom stereocenters. The standard InChI is InChI=1S/C28H28O5/c1-30-22-11-7-12-23(31-2)26(22)28(29,27-24(32-3)13-8-14-25(27)33-4)21-17-15-20(16-18-21)19-9-5-6-10-19/h5-19,29H,1-4H3. The third-order valence-corrected chi connectivity index (χ3v) is 6.04. The Morgan fingerprint density at radius 1 is 0.606 bits per heavy atom. The lowest BCUT2D eigenvalue weighted by molar-refractivity contribution is 0.111. The van der Waals surface area contributed by atoms with Gasteiger partial charge in [-0.3, -0.25) is 0 Å². The predicted molar refractivity (Wildman–Crippen MR) is 129 cm³/mol. The molecule has 0 aromatic heterocycles. The third kappa shape index (κ3) is 3.85. The van der Waals surface area contributed by atoms with Crippen LogP contribution < -0.4 is 18.9 Å². The molecule has 0 spiro atoms. The minimum absolute atomic E-state index is 0.216. The normalized spacial score (nSPS) is 13.2. The summed E-state index contributed by atoms with van der Waals surface area (Å²) < 4.78 is 22.8. The van der Waals surface area contributed by atoms with E-state index >= 15 is 0 Å². The maximum absolute atomic E-state index is 12.7. The van der Waals surface area contributed by atoms with Crippen molar-refractivity contribution >= 4 is 0 Å². The van der Waals surface area contributed by atoms with Crippen molar-refractivity contribution in [2.24, 2.45) is 0 Å². The zero-order chi connectivity index (χ0) is 23.4. The number of allylic oxidation sites excluding steroid dienone is 4. The molecule has 0 aliphatic heterocycles. The van der Waals surface area contributed by atoms with Gasteiger partial charge in [0.2, 0.25) is 0 Å². The van der Waals surface area contributed by atoms with Gasteiger partial charge in [0, 0.05) is 5.92 Å². The molecule has 1 aliphatic carbocycles. The number of benzene rings is 3. The van der Waals surface area contributed by atoms with Gasteiger partial charge in [-0.05, 0) is 35.4 Å². The van der Waals surface area contributed by atoms with Gasteiger partial charge in [0.1, 0.15) is 23.0 Å². The average molecular weight is 445 g/mol. The van der Waals surface area contributed by atoms with Crippen molar-refractivity contribution in [1.29, 1.82) is 0 Å². The number of ether oxygens (including phenoxy) is 4. The van der Waals surface area contributed by atoms with Gasteiger partial charge in [-0.1, -0.05) is 60.7 Å².